The lowest BCUT2D eigenvalue weighted by Crippen LogP contribution is -2.46. The van der Waals surface area contributed by atoms with Crippen LogP contribution in [0.5, 0.6) is 0 Å². The van der Waals surface area contributed by atoms with Crippen LogP contribution in [0.3, 0.4) is 0 Å². The molecule has 0 radical (unpaired) electrons. The van der Waals surface area contributed by atoms with E-state index in [1.807, 2.05) is 20.8 Å². The van der Waals surface area contributed by atoms with Gasteiger partial charge >= 0.3 is 0 Å². The Morgan fingerprint density at radius 1 is 1.54 bits per heavy atom. The molecular weight excluding hydrogens is 164 g/mol. The average Bonchev–Trinajstić information content (AvgIpc) is 1.99. The van der Waals surface area contributed by atoms with Crippen molar-refractivity contribution in [3.8, 4) is 0 Å². The molecule has 3 nitrogen and oxygen atoms in total. The molecular formula is C10H22N2O. The lowest BCUT2D eigenvalue weighted by molar-refractivity contribution is -0.124. The van der Waals surface area contributed by atoms with Crippen molar-refractivity contribution in [3.63, 3.8) is 0 Å². The number of carbonyl (C=O) groups excluding carboxylic acids is 1. The van der Waals surface area contributed by atoms with E-state index in [9.17, 15) is 4.79 Å². The van der Waals surface area contributed by atoms with Gasteiger partial charge in [-0.15, -0.1) is 0 Å². The van der Waals surface area contributed by atoms with E-state index < -0.39 is 0 Å². The Labute approximate surface area is 81.1 Å². The smallest absolute Gasteiger partial charge is 0.222 e. The van der Waals surface area contributed by atoms with Gasteiger partial charge < -0.3 is 11.1 Å². The molecule has 0 aromatic carbocycles. The molecule has 3 heteroatoms. The Balaban J connectivity index is 3.74. The number of amides is 1. The molecule has 0 saturated carbocycles. The predicted octanol–water partition coefficient (Wildman–Crippen LogP) is 1.28. The van der Waals surface area contributed by atoms with E-state index >= 15 is 0 Å². The topological polar surface area (TPSA) is 55.1 Å². The lowest BCUT2D eigenvalue weighted by atomic mass is 10.0. The molecule has 13 heavy (non-hydrogen) atoms. The molecule has 0 rings (SSSR count). The quantitative estimate of drug-likeness (QED) is 0.679. The van der Waals surface area contributed by atoms with Gasteiger partial charge in [-0.05, 0) is 20.3 Å². The van der Waals surface area contributed by atoms with Crippen molar-refractivity contribution in [1.29, 1.82) is 0 Å². The molecule has 1 unspecified atom stereocenters. The fraction of sp³-hybridized carbons (Fsp3) is 0.900. The summed E-state index contributed by atoms with van der Waals surface area (Å²) in [5.41, 5.74) is 5.43. The highest BCUT2D eigenvalue weighted by Gasteiger charge is 2.15. The summed E-state index contributed by atoms with van der Waals surface area (Å²) in [6.07, 6.45) is 1.98. The van der Waals surface area contributed by atoms with Crippen molar-refractivity contribution >= 4 is 5.91 Å². The van der Waals surface area contributed by atoms with Gasteiger partial charge in [0.05, 0.1) is 0 Å². The summed E-state index contributed by atoms with van der Waals surface area (Å²) in [4.78, 5) is 11.4. The van der Waals surface area contributed by atoms with Crippen molar-refractivity contribution in [2.75, 3.05) is 6.54 Å². The molecule has 0 fully saturated rings. The number of hydrogen-bond donors (Lipinski definition) is 2. The third-order valence-corrected chi connectivity index (χ3v) is 1.89. The van der Waals surface area contributed by atoms with Gasteiger partial charge in [0.25, 0.3) is 0 Å². The summed E-state index contributed by atoms with van der Waals surface area (Å²) >= 11 is 0. The largest absolute Gasteiger partial charge is 0.354 e. The summed E-state index contributed by atoms with van der Waals surface area (Å²) < 4.78 is 0. The van der Waals surface area contributed by atoms with Crippen LogP contribution in [-0.2, 0) is 4.79 Å². The maximum Gasteiger partial charge on any atom is 0.222 e. The summed E-state index contributed by atoms with van der Waals surface area (Å²) in [5, 5.41) is 2.84. The summed E-state index contributed by atoms with van der Waals surface area (Å²) in [6.45, 7) is 8.37. The van der Waals surface area contributed by atoms with Gasteiger partial charge in [0.15, 0.2) is 0 Å². The first kappa shape index (κ1) is 12.4. The Bertz CT molecular complexity index is 161. The molecule has 3 N–H and O–H groups in total. The average molecular weight is 186 g/mol. The third-order valence-electron chi connectivity index (χ3n) is 1.89. The van der Waals surface area contributed by atoms with Crippen LogP contribution in [0.15, 0.2) is 0 Å². The van der Waals surface area contributed by atoms with Crippen LogP contribution in [0, 0.1) is 5.92 Å². The lowest BCUT2D eigenvalue weighted by Gasteiger charge is -2.20. The third kappa shape index (κ3) is 6.58. The normalized spacial score (nSPS) is 13.9. The molecule has 0 aliphatic rings. The first-order chi connectivity index (χ1) is 5.87. The molecule has 0 heterocycles. The molecule has 1 atom stereocenters. The Hall–Kier alpha value is -0.570. The van der Waals surface area contributed by atoms with E-state index in [-0.39, 0.29) is 17.4 Å². The predicted molar refractivity (Wildman–Crippen MR) is 55.3 cm³/mol. The number of nitrogens with one attached hydrogen (secondary N) is 1. The molecule has 1 amide bonds. The summed E-state index contributed by atoms with van der Waals surface area (Å²) in [6, 6.07) is 0. The summed E-state index contributed by atoms with van der Waals surface area (Å²) in [5.74, 6) is 0.215. The van der Waals surface area contributed by atoms with Gasteiger partial charge in [0.2, 0.25) is 5.91 Å². The van der Waals surface area contributed by atoms with Crippen LogP contribution in [0.4, 0.5) is 0 Å². The zero-order valence-electron chi connectivity index (χ0n) is 9.18. The molecule has 0 saturated heterocycles. The highest BCUT2D eigenvalue weighted by atomic mass is 16.1. The van der Waals surface area contributed by atoms with Crippen molar-refractivity contribution < 1.29 is 4.79 Å². The standard InChI is InChI=1S/C10H22N2O/c1-5-6-8(2)9(13)12-7-10(3,4)11/h8H,5-7,11H2,1-4H3,(H,12,13). The van der Waals surface area contributed by atoms with E-state index in [0.717, 1.165) is 12.8 Å². The number of nitrogens with two attached hydrogens (primary N) is 1. The Morgan fingerprint density at radius 2 is 2.08 bits per heavy atom. The van der Waals surface area contributed by atoms with E-state index in [1.165, 1.54) is 0 Å². The van der Waals surface area contributed by atoms with Crippen molar-refractivity contribution in [1.82, 2.24) is 5.32 Å². The van der Waals surface area contributed by atoms with Crippen LogP contribution in [0.1, 0.15) is 40.5 Å². The number of carbonyl (C=O) groups is 1. The maximum atomic E-state index is 11.4. The van der Waals surface area contributed by atoms with E-state index in [0.29, 0.717) is 6.54 Å². The van der Waals surface area contributed by atoms with Crippen LogP contribution in [0.25, 0.3) is 0 Å². The van der Waals surface area contributed by atoms with Crippen molar-refractivity contribution in [2.24, 2.45) is 11.7 Å². The van der Waals surface area contributed by atoms with Gasteiger partial charge in [-0.1, -0.05) is 20.3 Å². The summed E-state index contributed by atoms with van der Waals surface area (Å²) in [7, 11) is 0. The second-order valence-electron chi connectivity index (χ2n) is 4.40. The second-order valence-corrected chi connectivity index (χ2v) is 4.40. The zero-order chi connectivity index (χ0) is 10.5. The van der Waals surface area contributed by atoms with Crippen molar-refractivity contribution in [2.45, 2.75) is 46.1 Å². The molecule has 0 bridgehead atoms. The molecule has 0 aliphatic heterocycles. The first-order valence-electron chi connectivity index (χ1n) is 4.93. The monoisotopic (exact) mass is 186 g/mol. The molecule has 0 aromatic heterocycles. The van der Waals surface area contributed by atoms with Gasteiger partial charge in [-0.2, -0.15) is 0 Å². The van der Waals surface area contributed by atoms with E-state index in [4.69, 9.17) is 5.73 Å². The molecule has 0 aromatic rings. The van der Waals surface area contributed by atoms with Crippen LogP contribution in [0.2, 0.25) is 0 Å². The van der Waals surface area contributed by atoms with Gasteiger partial charge in [0.1, 0.15) is 0 Å². The number of rotatable bonds is 5. The Kier molecular flexibility index (Phi) is 4.99. The minimum absolute atomic E-state index is 0.104. The molecule has 0 aliphatic carbocycles. The SMILES string of the molecule is CCCC(C)C(=O)NCC(C)(C)N. The highest BCUT2D eigenvalue weighted by molar-refractivity contribution is 5.78. The first-order valence-corrected chi connectivity index (χ1v) is 4.93. The van der Waals surface area contributed by atoms with E-state index in [1.54, 1.807) is 0 Å². The number of hydrogen-bond acceptors (Lipinski definition) is 2. The Morgan fingerprint density at radius 3 is 2.46 bits per heavy atom. The molecule has 0 spiro atoms. The fourth-order valence-corrected chi connectivity index (χ4v) is 1.05. The maximum absolute atomic E-state index is 11.4. The minimum atomic E-state index is -0.318. The minimum Gasteiger partial charge on any atom is -0.354 e. The van der Waals surface area contributed by atoms with Gasteiger partial charge in [-0.25, -0.2) is 0 Å². The van der Waals surface area contributed by atoms with Crippen molar-refractivity contribution in [3.05, 3.63) is 0 Å². The van der Waals surface area contributed by atoms with E-state index in [2.05, 4.69) is 12.2 Å². The second kappa shape index (κ2) is 5.22. The highest BCUT2D eigenvalue weighted by Crippen LogP contribution is 2.04. The fourth-order valence-electron chi connectivity index (χ4n) is 1.05. The van der Waals surface area contributed by atoms with Crippen LogP contribution < -0.4 is 11.1 Å². The molecule has 78 valence electrons. The van der Waals surface area contributed by atoms with Crippen LogP contribution in [-0.4, -0.2) is 18.0 Å². The van der Waals surface area contributed by atoms with Crippen LogP contribution >= 0.6 is 0 Å². The van der Waals surface area contributed by atoms with Gasteiger partial charge in [0, 0.05) is 18.0 Å². The zero-order valence-corrected chi connectivity index (χ0v) is 9.18. The van der Waals surface area contributed by atoms with Gasteiger partial charge in [-0.3, -0.25) is 4.79 Å².